The zero-order valence-corrected chi connectivity index (χ0v) is 28.1. The predicted molar refractivity (Wildman–Crippen MR) is 173 cm³/mol. The van der Waals surface area contributed by atoms with Crippen LogP contribution in [0.1, 0.15) is 29.3 Å². The van der Waals surface area contributed by atoms with Crippen LogP contribution in [0.5, 0.6) is 0 Å². The van der Waals surface area contributed by atoms with Gasteiger partial charge in [-0.1, -0.05) is 58.5 Å². The molecular formula is C29H29Cl4N5O6S. The van der Waals surface area contributed by atoms with Crippen LogP contribution in [-0.4, -0.2) is 83.8 Å². The van der Waals surface area contributed by atoms with Crippen molar-refractivity contribution < 1.29 is 27.9 Å². The lowest BCUT2D eigenvalue weighted by Crippen LogP contribution is -2.64. The lowest BCUT2D eigenvalue weighted by molar-refractivity contribution is -0.143. The number of halogens is 4. The number of hydrogen-bond donors (Lipinski definition) is 3. The summed E-state index contributed by atoms with van der Waals surface area (Å²) < 4.78 is 28.7. The van der Waals surface area contributed by atoms with Gasteiger partial charge < -0.3 is 20.6 Å². The highest BCUT2D eigenvalue weighted by atomic mass is 35.5. The monoisotopic (exact) mass is 715 g/mol. The topological polar surface area (TPSA) is 149 Å². The van der Waals surface area contributed by atoms with E-state index >= 15 is 0 Å². The van der Waals surface area contributed by atoms with E-state index in [0.29, 0.717) is 17.7 Å². The number of anilines is 1. The molecule has 1 aromatic heterocycles. The van der Waals surface area contributed by atoms with E-state index in [1.807, 2.05) is 0 Å². The Morgan fingerprint density at radius 2 is 1.62 bits per heavy atom. The number of carboxylic acid groups (broad SMARTS) is 1. The lowest BCUT2D eigenvalue weighted by atomic mass is 9.91. The summed E-state index contributed by atoms with van der Waals surface area (Å²) in [4.78, 5) is 44.3. The van der Waals surface area contributed by atoms with E-state index in [-0.39, 0.29) is 43.5 Å². The molecule has 2 heterocycles. The molecule has 1 unspecified atom stereocenters. The Labute approximate surface area is 280 Å². The maximum Gasteiger partial charge on any atom is 0.326 e. The van der Waals surface area contributed by atoms with Gasteiger partial charge in [0.2, 0.25) is 15.9 Å². The van der Waals surface area contributed by atoms with Crippen molar-refractivity contribution in [2.24, 2.45) is 0 Å². The highest BCUT2D eigenvalue weighted by Crippen LogP contribution is 2.38. The van der Waals surface area contributed by atoms with Crippen molar-refractivity contribution in [3.63, 3.8) is 0 Å². The minimum atomic E-state index is -4.28. The highest BCUT2D eigenvalue weighted by Gasteiger charge is 2.57. The van der Waals surface area contributed by atoms with E-state index in [4.69, 9.17) is 46.4 Å². The van der Waals surface area contributed by atoms with E-state index in [1.54, 1.807) is 43.3 Å². The van der Waals surface area contributed by atoms with Gasteiger partial charge in [-0.15, -0.1) is 0 Å². The van der Waals surface area contributed by atoms with Gasteiger partial charge in [0.05, 0.1) is 20.5 Å². The third kappa shape index (κ3) is 7.38. The van der Waals surface area contributed by atoms with E-state index in [9.17, 15) is 27.9 Å². The van der Waals surface area contributed by atoms with Crippen LogP contribution in [0.15, 0.2) is 59.8 Å². The van der Waals surface area contributed by atoms with Crippen molar-refractivity contribution >= 4 is 79.9 Å². The lowest BCUT2D eigenvalue weighted by Gasteiger charge is -2.40. The minimum absolute atomic E-state index is 0.0000699. The molecule has 1 saturated heterocycles. The Hall–Kier alpha value is -2.97. The molecule has 0 bridgehead atoms. The van der Waals surface area contributed by atoms with E-state index in [0.717, 1.165) is 4.31 Å². The standard InChI is InChI=1S/C29H29Cl4N5O6S/c1-29(24(37(2)3)8-9-38(29)45(43,44)20-12-17(30)11-18(31)13-20)28(42)36-23(27(40)41)10-16-4-6-19(7-5-16)35-26(39)25-21(32)14-34-15-22(25)33/h4-7,11-15,23-24H,8-10H2,1-3H3,(H,35,39)(H,36,42)(H,40,41)/t23-,24+,29?/m0/s1. The van der Waals surface area contributed by atoms with E-state index in [1.165, 1.54) is 37.5 Å². The molecule has 2 amide bonds. The summed E-state index contributed by atoms with van der Waals surface area (Å²) in [5, 5.41) is 15.6. The van der Waals surface area contributed by atoms with Crippen LogP contribution < -0.4 is 10.6 Å². The van der Waals surface area contributed by atoms with Gasteiger partial charge in [0.1, 0.15) is 11.6 Å². The fourth-order valence-corrected chi connectivity index (χ4v) is 8.45. The first-order valence-electron chi connectivity index (χ1n) is 13.4. The van der Waals surface area contributed by atoms with Crippen LogP contribution in [0.2, 0.25) is 20.1 Å². The summed E-state index contributed by atoms with van der Waals surface area (Å²) >= 11 is 24.3. The van der Waals surface area contributed by atoms with E-state index < -0.39 is 45.4 Å². The first kappa shape index (κ1) is 34.9. The molecule has 240 valence electrons. The van der Waals surface area contributed by atoms with Crippen molar-refractivity contribution in [2.45, 2.75) is 42.3 Å². The van der Waals surface area contributed by atoms with Crippen molar-refractivity contribution in [3.8, 4) is 0 Å². The van der Waals surface area contributed by atoms with Gasteiger partial charge in [0.25, 0.3) is 5.91 Å². The molecule has 3 N–H and O–H groups in total. The maximum absolute atomic E-state index is 13.9. The van der Waals surface area contributed by atoms with Crippen LogP contribution >= 0.6 is 46.4 Å². The Morgan fingerprint density at radius 3 is 2.16 bits per heavy atom. The number of carbonyl (C=O) groups is 3. The number of nitrogens with one attached hydrogen (secondary N) is 2. The van der Waals surface area contributed by atoms with Crippen LogP contribution in [0.3, 0.4) is 0 Å². The second-order valence-electron chi connectivity index (χ2n) is 10.8. The number of aliphatic carboxylic acids is 1. The van der Waals surface area contributed by atoms with Crippen LogP contribution in [0.4, 0.5) is 5.69 Å². The van der Waals surface area contributed by atoms with Gasteiger partial charge >= 0.3 is 5.97 Å². The van der Waals surface area contributed by atoms with Crippen LogP contribution in [0.25, 0.3) is 0 Å². The summed E-state index contributed by atoms with van der Waals surface area (Å²) in [7, 11) is -0.850. The molecular weight excluding hydrogens is 688 g/mol. The minimum Gasteiger partial charge on any atom is -0.480 e. The molecule has 3 aromatic rings. The number of rotatable bonds is 10. The fraction of sp³-hybridized carbons (Fsp3) is 0.310. The number of sulfonamides is 1. The molecule has 1 fully saturated rings. The second kappa shape index (κ2) is 13.8. The molecule has 4 rings (SSSR count). The zero-order valence-electron chi connectivity index (χ0n) is 24.2. The molecule has 45 heavy (non-hydrogen) atoms. The number of benzene rings is 2. The average molecular weight is 717 g/mol. The molecule has 16 heteroatoms. The smallest absolute Gasteiger partial charge is 0.326 e. The average Bonchev–Trinajstić information content (AvgIpc) is 3.32. The third-order valence-electron chi connectivity index (χ3n) is 7.62. The van der Waals surface area contributed by atoms with Gasteiger partial charge in [0, 0.05) is 47.1 Å². The Bertz CT molecular complexity index is 1700. The highest BCUT2D eigenvalue weighted by molar-refractivity contribution is 7.89. The quantitative estimate of drug-likeness (QED) is 0.270. The number of likely N-dealkylation sites (N-methyl/N-ethyl adjacent to an activating group) is 1. The number of carbonyl (C=O) groups excluding carboxylic acids is 2. The molecule has 11 nitrogen and oxygen atoms in total. The summed E-state index contributed by atoms with van der Waals surface area (Å²) in [6.07, 6.45) is 2.77. The number of pyridine rings is 1. The maximum atomic E-state index is 13.9. The third-order valence-corrected chi connectivity index (χ3v) is 10.6. The number of amides is 2. The number of nitrogens with zero attached hydrogens (tertiary/aromatic N) is 3. The van der Waals surface area contributed by atoms with Gasteiger partial charge in [-0.25, -0.2) is 13.2 Å². The molecule has 1 aliphatic heterocycles. The largest absolute Gasteiger partial charge is 0.480 e. The molecule has 3 atom stereocenters. The normalized spacial score (nSPS) is 19.3. The Morgan fingerprint density at radius 1 is 1.04 bits per heavy atom. The Balaban J connectivity index is 1.55. The number of hydrogen-bond acceptors (Lipinski definition) is 7. The van der Waals surface area contributed by atoms with Gasteiger partial charge in [0.15, 0.2) is 0 Å². The molecule has 0 spiro atoms. The zero-order chi connectivity index (χ0) is 33.3. The van der Waals surface area contributed by atoms with Gasteiger partial charge in [-0.2, -0.15) is 4.31 Å². The number of aromatic nitrogens is 1. The van der Waals surface area contributed by atoms with Crippen molar-refractivity contribution in [1.29, 1.82) is 0 Å². The van der Waals surface area contributed by atoms with E-state index in [2.05, 4.69) is 15.6 Å². The summed E-state index contributed by atoms with van der Waals surface area (Å²) in [5.74, 6) is -2.66. The SMILES string of the molecule is CN(C)[C@@H]1CCN(S(=O)(=O)c2cc(Cl)cc(Cl)c2)C1(C)C(=O)N[C@@H](Cc1ccc(NC(=O)c2c(Cl)cncc2Cl)cc1)C(=O)O. The molecule has 0 saturated carbocycles. The van der Waals surface area contributed by atoms with Crippen LogP contribution in [-0.2, 0) is 26.0 Å². The molecule has 0 radical (unpaired) electrons. The van der Waals surface area contributed by atoms with Crippen LogP contribution in [0, 0.1) is 0 Å². The first-order valence-corrected chi connectivity index (χ1v) is 16.4. The van der Waals surface area contributed by atoms with Crippen molar-refractivity contribution in [2.75, 3.05) is 26.0 Å². The second-order valence-corrected chi connectivity index (χ2v) is 14.3. The molecule has 2 aromatic carbocycles. The van der Waals surface area contributed by atoms with Gasteiger partial charge in [-0.05, 0) is 63.3 Å². The van der Waals surface area contributed by atoms with Crippen molar-refractivity contribution in [3.05, 3.63) is 86.1 Å². The number of carboxylic acids is 1. The summed E-state index contributed by atoms with van der Waals surface area (Å²) in [6, 6.07) is 8.20. The summed E-state index contributed by atoms with van der Waals surface area (Å²) in [6.45, 7) is 1.47. The van der Waals surface area contributed by atoms with Crippen molar-refractivity contribution in [1.82, 2.24) is 19.5 Å². The molecule has 1 aliphatic rings. The molecule has 0 aliphatic carbocycles. The van der Waals surface area contributed by atoms with Gasteiger partial charge in [-0.3, -0.25) is 14.6 Å². The predicted octanol–water partition coefficient (Wildman–Crippen LogP) is 4.84. The first-order chi connectivity index (χ1) is 21.0. The summed E-state index contributed by atoms with van der Waals surface area (Å²) in [5.41, 5.74) is -0.719. The fourth-order valence-electron chi connectivity index (χ4n) is 5.41. The Kier molecular flexibility index (Phi) is 10.7.